The summed E-state index contributed by atoms with van der Waals surface area (Å²) in [5, 5.41) is 12.0. The summed E-state index contributed by atoms with van der Waals surface area (Å²) >= 11 is 3.38. The molecule has 15 heavy (non-hydrogen) atoms. The van der Waals surface area contributed by atoms with E-state index in [4.69, 9.17) is 5.26 Å². The van der Waals surface area contributed by atoms with Gasteiger partial charge in [0.1, 0.15) is 11.9 Å². The van der Waals surface area contributed by atoms with E-state index in [1.165, 1.54) is 0 Å². The summed E-state index contributed by atoms with van der Waals surface area (Å²) in [5.41, 5.74) is 1.29. The number of rotatable bonds is 2. The Kier molecular flexibility index (Phi) is 2.71. The molecule has 0 bridgehead atoms. The third-order valence-electron chi connectivity index (χ3n) is 2.12. The Balaban J connectivity index is 2.71. The van der Waals surface area contributed by atoms with E-state index in [1.807, 2.05) is 29.8 Å². The lowest BCUT2D eigenvalue weighted by molar-refractivity contribution is 0.754. The molecule has 2 aromatic heterocycles. The van der Waals surface area contributed by atoms with Crippen molar-refractivity contribution in [1.82, 2.24) is 14.7 Å². The van der Waals surface area contributed by atoms with Gasteiger partial charge in [0, 0.05) is 10.7 Å². The van der Waals surface area contributed by atoms with Crippen LogP contribution in [-0.4, -0.2) is 16.4 Å². The van der Waals surface area contributed by atoms with Crippen molar-refractivity contribution in [1.29, 1.82) is 5.26 Å². The highest BCUT2D eigenvalue weighted by atomic mass is 79.9. The van der Waals surface area contributed by atoms with Crippen LogP contribution in [0.4, 0.5) is 0 Å². The molecule has 5 heteroatoms. The van der Waals surface area contributed by atoms with Crippen LogP contribution in [0, 0.1) is 11.3 Å². The molecule has 0 atom stereocenters. The standard InChI is InChI=1S/C10H9BrN4/c1-13-6-10-14-8(5-12)9-4-7(11)2-3-15(9)10/h2-4,13H,6H2,1H3. The van der Waals surface area contributed by atoms with Crippen LogP contribution in [0.25, 0.3) is 5.52 Å². The molecule has 0 fully saturated rings. The second-order valence-corrected chi connectivity index (χ2v) is 4.03. The van der Waals surface area contributed by atoms with Gasteiger partial charge in [-0.05, 0) is 19.2 Å². The number of aromatic nitrogens is 2. The molecule has 0 spiro atoms. The number of fused-ring (bicyclic) bond motifs is 1. The number of nitrogens with one attached hydrogen (secondary N) is 1. The minimum absolute atomic E-state index is 0.460. The molecule has 0 saturated carbocycles. The van der Waals surface area contributed by atoms with E-state index in [-0.39, 0.29) is 0 Å². The lowest BCUT2D eigenvalue weighted by Gasteiger charge is -1.99. The first-order valence-electron chi connectivity index (χ1n) is 4.47. The van der Waals surface area contributed by atoms with Crippen LogP contribution in [0.2, 0.25) is 0 Å². The van der Waals surface area contributed by atoms with Gasteiger partial charge in [-0.1, -0.05) is 15.9 Å². The molecule has 0 saturated heterocycles. The summed E-state index contributed by atoms with van der Waals surface area (Å²) in [6.07, 6.45) is 1.90. The zero-order valence-corrected chi connectivity index (χ0v) is 9.74. The number of nitriles is 1. The number of nitrogens with zero attached hydrogens (tertiary/aromatic N) is 3. The molecular formula is C10H9BrN4. The molecule has 0 radical (unpaired) electrons. The summed E-state index contributed by atoms with van der Waals surface area (Å²) in [7, 11) is 1.85. The van der Waals surface area contributed by atoms with Gasteiger partial charge < -0.3 is 9.72 Å². The van der Waals surface area contributed by atoms with Crippen LogP contribution in [0.15, 0.2) is 22.8 Å². The summed E-state index contributed by atoms with van der Waals surface area (Å²) < 4.78 is 2.86. The molecule has 2 rings (SSSR count). The molecule has 76 valence electrons. The average Bonchev–Trinajstić information content (AvgIpc) is 2.56. The molecule has 0 aliphatic rings. The molecule has 0 aliphatic carbocycles. The topological polar surface area (TPSA) is 53.1 Å². The Hall–Kier alpha value is -1.38. The van der Waals surface area contributed by atoms with Crippen LogP contribution >= 0.6 is 15.9 Å². The van der Waals surface area contributed by atoms with Crippen LogP contribution in [-0.2, 0) is 6.54 Å². The summed E-state index contributed by atoms with van der Waals surface area (Å²) in [6.45, 7) is 0.643. The lowest BCUT2D eigenvalue weighted by Crippen LogP contribution is -2.08. The van der Waals surface area contributed by atoms with E-state index in [9.17, 15) is 0 Å². The van der Waals surface area contributed by atoms with Crippen LogP contribution in [0.1, 0.15) is 11.5 Å². The highest BCUT2D eigenvalue weighted by Gasteiger charge is 2.09. The van der Waals surface area contributed by atoms with E-state index in [0.717, 1.165) is 15.8 Å². The van der Waals surface area contributed by atoms with Gasteiger partial charge in [-0.2, -0.15) is 5.26 Å². The van der Waals surface area contributed by atoms with Gasteiger partial charge in [-0.25, -0.2) is 4.98 Å². The van der Waals surface area contributed by atoms with Crippen LogP contribution in [0.3, 0.4) is 0 Å². The van der Waals surface area contributed by atoms with E-state index in [1.54, 1.807) is 0 Å². The van der Waals surface area contributed by atoms with Gasteiger partial charge in [0.2, 0.25) is 0 Å². The molecule has 4 nitrogen and oxygen atoms in total. The molecule has 0 amide bonds. The van der Waals surface area contributed by atoms with Gasteiger partial charge >= 0.3 is 0 Å². The summed E-state index contributed by atoms with van der Waals surface area (Å²) in [5.74, 6) is 0.844. The quantitative estimate of drug-likeness (QED) is 0.898. The highest BCUT2D eigenvalue weighted by molar-refractivity contribution is 9.10. The van der Waals surface area contributed by atoms with E-state index in [0.29, 0.717) is 12.2 Å². The fourth-order valence-electron chi connectivity index (χ4n) is 1.49. The fraction of sp³-hybridized carbons (Fsp3) is 0.200. The normalized spacial score (nSPS) is 10.5. The SMILES string of the molecule is CNCc1nc(C#N)c2cc(Br)ccn12. The maximum atomic E-state index is 8.95. The molecule has 0 unspecified atom stereocenters. The molecule has 2 heterocycles. The van der Waals surface area contributed by atoms with Gasteiger partial charge in [-0.3, -0.25) is 0 Å². The minimum atomic E-state index is 0.460. The van der Waals surface area contributed by atoms with E-state index >= 15 is 0 Å². The summed E-state index contributed by atoms with van der Waals surface area (Å²) in [4.78, 5) is 4.26. The Morgan fingerprint density at radius 1 is 1.67 bits per heavy atom. The monoisotopic (exact) mass is 264 g/mol. The molecular weight excluding hydrogens is 256 g/mol. The maximum absolute atomic E-state index is 8.95. The Bertz CT molecular complexity index is 538. The Labute approximate surface area is 95.7 Å². The van der Waals surface area contributed by atoms with E-state index in [2.05, 4.69) is 32.3 Å². The van der Waals surface area contributed by atoms with Crippen molar-refractivity contribution in [3.63, 3.8) is 0 Å². The smallest absolute Gasteiger partial charge is 0.166 e. The predicted molar refractivity (Wildman–Crippen MR) is 60.4 cm³/mol. The van der Waals surface area contributed by atoms with Gasteiger partial charge in [0.15, 0.2) is 5.69 Å². The third kappa shape index (κ3) is 1.74. The van der Waals surface area contributed by atoms with Crippen molar-refractivity contribution in [2.75, 3.05) is 7.05 Å². The minimum Gasteiger partial charge on any atom is -0.313 e. The molecule has 1 N–H and O–H groups in total. The molecule has 0 aliphatic heterocycles. The zero-order chi connectivity index (χ0) is 10.8. The average molecular weight is 265 g/mol. The van der Waals surface area contributed by atoms with Crippen LogP contribution < -0.4 is 5.32 Å². The van der Waals surface area contributed by atoms with Crippen molar-refractivity contribution in [3.8, 4) is 6.07 Å². The Morgan fingerprint density at radius 3 is 3.13 bits per heavy atom. The lowest BCUT2D eigenvalue weighted by atomic mass is 10.3. The highest BCUT2D eigenvalue weighted by Crippen LogP contribution is 2.17. The summed E-state index contributed by atoms with van der Waals surface area (Å²) in [6, 6.07) is 5.91. The number of pyridine rings is 1. The fourth-order valence-corrected chi connectivity index (χ4v) is 1.82. The number of halogens is 1. The van der Waals surface area contributed by atoms with Crippen molar-refractivity contribution in [2.45, 2.75) is 6.54 Å². The van der Waals surface area contributed by atoms with Gasteiger partial charge in [0.25, 0.3) is 0 Å². The third-order valence-corrected chi connectivity index (χ3v) is 2.61. The first-order valence-corrected chi connectivity index (χ1v) is 5.26. The first kappa shape index (κ1) is 10.1. The van der Waals surface area contributed by atoms with Crippen molar-refractivity contribution in [2.24, 2.45) is 0 Å². The van der Waals surface area contributed by atoms with Crippen molar-refractivity contribution >= 4 is 21.4 Å². The predicted octanol–water partition coefficient (Wildman–Crippen LogP) is 1.69. The zero-order valence-electron chi connectivity index (χ0n) is 8.16. The van der Waals surface area contributed by atoms with E-state index < -0.39 is 0 Å². The maximum Gasteiger partial charge on any atom is 0.166 e. The van der Waals surface area contributed by atoms with Crippen LogP contribution in [0.5, 0.6) is 0 Å². The van der Waals surface area contributed by atoms with Crippen molar-refractivity contribution < 1.29 is 0 Å². The molecule has 0 aromatic carbocycles. The van der Waals surface area contributed by atoms with Gasteiger partial charge in [0.05, 0.1) is 12.1 Å². The number of imidazole rings is 1. The number of hydrogen-bond donors (Lipinski definition) is 1. The van der Waals surface area contributed by atoms with Gasteiger partial charge in [-0.15, -0.1) is 0 Å². The second kappa shape index (κ2) is 4.01. The first-order chi connectivity index (χ1) is 7.26. The number of hydrogen-bond acceptors (Lipinski definition) is 3. The Morgan fingerprint density at radius 2 is 2.47 bits per heavy atom. The largest absolute Gasteiger partial charge is 0.313 e. The van der Waals surface area contributed by atoms with Crippen molar-refractivity contribution in [3.05, 3.63) is 34.3 Å². The second-order valence-electron chi connectivity index (χ2n) is 3.12. The molecule has 2 aromatic rings.